The van der Waals surface area contributed by atoms with Crippen LogP contribution in [0.4, 0.5) is 4.79 Å². The van der Waals surface area contributed by atoms with Crippen LogP contribution in [0.15, 0.2) is 30.3 Å². The second kappa shape index (κ2) is 7.29. The van der Waals surface area contributed by atoms with Crippen molar-refractivity contribution >= 4 is 6.03 Å². The summed E-state index contributed by atoms with van der Waals surface area (Å²) in [6, 6.07) is 9.66. The highest BCUT2D eigenvalue weighted by Crippen LogP contribution is 2.16. The highest BCUT2D eigenvalue weighted by atomic mass is 16.3. The molecule has 4 nitrogen and oxygen atoms in total. The molecular weight excluding hydrogens is 252 g/mol. The number of carbonyl (C=O) groups excluding carboxylic acids is 1. The van der Waals surface area contributed by atoms with Crippen molar-refractivity contribution in [3.63, 3.8) is 0 Å². The van der Waals surface area contributed by atoms with Crippen molar-refractivity contribution in [1.29, 1.82) is 0 Å². The van der Waals surface area contributed by atoms with E-state index in [1.165, 1.54) is 0 Å². The number of amides is 2. The maximum absolute atomic E-state index is 12.2. The number of aliphatic hydroxyl groups is 1. The van der Waals surface area contributed by atoms with Gasteiger partial charge in [0.15, 0.2) is 0 Å². The Labute approximate surface area is 120 Å². The van der Waals surface area contributed by atoms with Crippen molar-refractivity contribution in [2.45, 2.75) is 32.2 Å². The minimum atomic E-state index is -0.218. The Morgan fingerprint density at radius 3 is 2.60 bits per heavy atom. The predicted octanol–water partition coefficient (Wildman–Crippen LogP) is 2.03. The minimum Gasteiger partial charge on any atom is -0.394 e. The zero-order chi connectivity index (χ0) is 14.4. The van der Waals surface area contributed by atoms with E-state index >= 15 is 0 Å². The van der Waals surface area contributed by atoms with Crippen LogP contribution in [-0.2, 0) is 6.42 Å². The summed E-state index contributed by atoms with van der Waals surface area (Å²) < 4.78 is 0. The predicted molar refractivity (Wildman–Crippen MR) is 79.5 cm³/mol. The first-order valence-corrected chi connectivity index (χ1v) is 7.39. The lowest BCUT2D eigenvalue weighted by molar-refractivity contribution is 0.162. The molecule has 2 amide bonds. The van der Waals surface area contributed by atoms with Crippen LogP contribution in [0.25, 0.3) is 0 Å². The molecule has 0 radical (unpaired) electrons. The SMILES string of the molecule is CC1CCN(C(=O)N[C@H](CO)Cc2ccccc2)CC1. The molecule has 20 heavy (non-hydrogen) atoms. The molecule has 1 atom stereocenters. The number of rotatable bonds is 4. The molecule has 1 aromatic rings. The van der Waals surface area contributed by atoms with Crippen LogP contribution >= 0.6 is 0 Å². The quantitative estimate of drug-likeness (QED) is 0.884. The van der Waals surface area contributed by atoms with Crippen LogP contribution < -0.4 is 5.32 Å². The van der Waals surface area contributed by atoms with Gasteiger partial charge in [-0.3, -0.25) is 0 Å². The molecule has 1 fully saturated rings. The summed E-state index contributed by atoms with van der Waals surface area (Å²) in [5.41, 5.74) is 1.12. The largest absolute Gasteiger partial charge is 0.394 e. The van der Waals surface area contributed by atoms with Crippen molar-refractivity contribution in [1.82, 2.24) is 10.2 Å². The molecule has 0 bridgehead atoms. The lowest BCUT2D eigenvalue weighted by Gasteiger charge is -2.31. The Balaban J connectivity index is 1.85. The van der Waals surface area contributed by atoms with Crippen LogP contribution in [0.5, 0.6) is 0 Å². The molecular formula is C16H24N2O2. The Morgan fingerprint density at radius 1 is 1.35 bits per heavy atom. The fourth-order valence-corrected chi connectivity index (χ4v) is 2.54. The third-order valence-electron chi connectivity index (χ3n) is 3.94. The monoisotopic (exact) mass is 276 g/mol. The summed E-state index contributed by atoms with van der Waals surface area (Å²) in [6.45, 7) is 3.82. The van der Waals surface area contributed by atoms with Gasteiger partial charge in [0, 0.05) is 13.1 Å². The molecule has 1 aliphatic heterocycles. The Bertz CT molecular complexity index is 414. The van der Waals surface area contributed by atoms with Gasteiger partial charge in [-0.05, 0) is 30.7 Å². The van der Waals surface area contributed by atoms with Crippen LogP contribution in [0.2, 0.25) is 0 Å². The van der Waals surface area contributed by atoms with Crippen molar-refractivity contribution in [2.75, 3.05) is 19.7 Å². The number of aliphatic hydroxyl groups excluding tert-OH is 1. The van der Waals surface area contributed by atoms with Crippen molar-refractivity contribution < 1.29 is 9.90 Å². The van der Waals surface area contributed by atoms with Crippen LogP contribution in [0, 0.1) is 5.92 Å². The number of hydrogen-bond acceptors (Lipinski definition) is 2. The highest BCUT2D eigenvalue weighted by molar-refractivity contribution is 5.74. The van der Waals surface area contributed by atoms with E-state index in [1.807, 2.05) is 35.2 Å². The molecule has 4 heteroatoms. The minimum absolute atomic E-state index is 0.0368. The zero-order valence-electron chi connectivity index (χ0n) is 12.1. The van der Waals surface area contributed by atoms with E-state index in [0.717, 1.165) is 31.5 Å². The maximum atomic E-state index is 12.2. The number of urea groups is 1. The van der Waals surface area contributed by atoms with Gasteiger partial charge >= 0.3 is 6.03 Å². The van der Waals surface area contributed by atoms with Gasteiger partial charge in [0.25, 0.3) is 0 Å². The van der Waals surface area contributed by atoms with Gasteiger partial charge in [0.2, 0.25) is 0 Å². The summed E-state index contributed by atoms with van der Waals surface area (Å²) in [7, 11) is 0. The average Bonchev–Trinajstić information content (AvgIpc) is 2.48. The standard InChI is InChI=1S/C16H24N2O2/c1-13-7-9-18(10-8-13)16(20)17-15(12-19)11-14-5-3-2-4-6-14/h2-6,13,15,19H,7-12H2,1H3,(H,17,20)/t15-/m0/s1. The van der Waals surface area contributed by atoms with E-state index in [1.54, 1.807) is 0 Å². The summed E-state index contributed by atoms with van der Waals surface area (Å²) in [5, 5.41) is 12.4. The number of likely N-dealkylation sites (tertiary alicyclic amines) is 1. The third-order valence-corrected chi connectivity index (χ3v) is 3.94. The van der Waals surface area contributed by atoms with Crippen LogP contribution in [-0.4, -0.2) is 41.8 Å². The number of hydrogen-bond donors (Lipinski definition) is 2. The van der Waals surface area contributed by atoms with E-state index in [4.69, 9.17) is 0 Å². The van der Waals surface area contributed by atoms with E-state index < -0.39 is 0 Å². The van der Waals surface area contributed by atoms with Crippen LogP contribution in [0.3, 0.4) is 0 Å². The van der Waals surface area contributed by atoms with E-state index in [2.05, 4.69) is 12.2 Å². The molecule has 1 aromatic carbocycles. The number of nitrogens with one attached hydrogen (secondary N) is 1. The Morgan fingerprint density at radius 2 is 2.00 bits per heavy atom. The van der Waals surface area contributed by atoms with Crippen molar-refractivity contribution in [2.24, 2.45) is 5.92 Å². The van der Waals surface area contributed by atoms with Gasteiger partial charge in [0.1, 0.15) is 0 Å². The summed E-state index contributed by atoms with van der Waals surface area (Å²) in [6.07, 6.45) is 2.79. The molecule has 0 unspecified atom stereocenters. The summed E-state index contributed by atoms with van der Waals surface area (Å²) in [4.78, 5) is 14.0. The Hall–Kier alpha value is -1.55. The van der Waals surface area contributed by atoms with Gasteiger partial charge in [-0.1, -0.05) is 37.3 Å². The van der Waals surface area contributed by atoms with Gasteiger partial charge in [-0.15, -0.1) is 0 Å². The molecule has 1 saturated heterocycles. The molecule has 0 saturated carbocycles. The maximum Gasteiger partial charge on any atom is 0.317 e. The zero-order valence-corrected chi connectivity index (χ0v) is 12.1. The Kier molecular flexibility index (Phi) is 5.41. The van der Waals surface area contributed by atoms with Crippen molar-refractivity contribution in [3.05, 3.63) is 35.9 Å². The molecule has 0 spiro atoms. The second-order valence-electron chi connectivity index (χ2n) is 5.69. The molecule has 0 aliphatic carbocycles. The van der Waals surface area contributed by atoms with E-state index in [9.17, 15) is 9.90 Å². The number of benzene rings is 1. The third kappa shape index (κ3) is 4.23. The van der Waals surface area contributed by atoms with Crippen molar-refractivity contribution in [3.8, 4) is 0 Å². The highest BCUT2D eigenvalue weighted by Gasteiger charge is 2.22. The smallest absolute Gasteiger partial charge is 0.317 e. The molecule has 2 N–H and O–H groups in total. The average molecular weight is 276 g/mol. The van der Waals surface area contributed by atoms with Crippen LogP contribution in [0.1, 0.15) is 25.3 Å². The summed E-state index contributed by atoms with van der Waals surface area (Å²) in [5.74, 6) is 0.706. The number of piperidine rings is 1. The lowest BCUT2D eigenvalue weighted by atomic mass is 9.99. The van der Waals surface area contributed by atoms with E-state index in [0.29, 0.717) is 12.3 Å². The fourth-order valence-electron chi connectivity index (χ4n) is 2.54. The fraction of sp³-hybridized carbons (Fsp3) is 0.562. The second-order valence-corrected chi connectivity index (χ2v) is 5.69. The summed E-state index contributed by atoms with van der Waals surface area (Å²) >= 11 is 0. The van der Waals surface area contributed by atoms with E-state index in [-0.39, 0.29) is 18.7 Å². The van der Waals surface area contributed by atoms with Gasteiger partial charge in [-0.2, -0.15) is 0 Å². The molecule has 2 rings (SSSR count). The number of carbonyl (C=O) groups is 1. The first kappa shape index (κ1) is 14.9. The number of nitrogens with zero attached hydrogens (tertiary/aromatic N) is 1. The van der Waals surface area contributed by atoms with Gasteiger partial charge in [0.05, 0.1) is 12.6 Å². The molecule has 0 aromatic heterocycles. The van der Waals surface area contributed by atoms with Gasteiger partial charge in [-0.25, -0.2) is 4.79 Å². The normalized spacial score (nSPS) is 17.8. The topological polar surface area (TPSA) is 52.6 Å². The molecule has 110 valence electrons. The lowest BCUT2D eigenvalue weighted by Crippen LogP contribution is -2.49. The first-order chi connectivity index (χ1) is 9.69. The molecule has 1 aliphatic rings. The van der Waals surface area contributed by atoms with Gasteiger partial charge < -0.3 is 15.3 Å². The molecule has 1 heterocycles. The first-order valence-electron chi connectivity index (χ1n) is 7.39.